The van der Waals surface area contributed by atoms with Crippen molar-refractivity contribution < 1.29 is 21.6 Å². The van der Waals surface area contributed by atoms with Gasteiger partial charge in [-0.3, -0.25) is 4.79 Å². The van der Waals surface area contributed by atoms with Gasteiger partial charge >= 0.3 is 0 Å². The number of piperidine rings is 1. The van der Waals surface area contributed by atoms with Crippen molar-refractivity contribution in [3.05, 3.63) is 60.2 Å². The van der Waals surface area contributed by atoms with Gasteiger partial charge in [0.05, 0.1) is 16.6 Å². The van der Waals surface area contributed by atoms with Gasteiger partial charge in [0.2, 0.25) is 26.0 Å². The maximum absolute atomic E-state index is 12.9. The van der Waals surface area contributed by atoms with Crippen molar-refractivity contribution in [1.82, 2.24) is 8.61 Å². The number of hydrogen-bond acceptors (Lipinski definition) is 5. The van der Waals surface area contributed by atoms with Crippen LogP contribution in [0.4, 0.5) is 5.69 Å². The molecular formula is C25H35N3O5S2. The summed E-state index contributed by atoms with van der Waals surface area (Å²) < 4.78 is 53.8. The van der Waals surface area contributed by atoms with Crippen LogP contribution in [0.1, 0.15) is 38.7 Å². The number of hydrogen-bond donors (Lipinski definition) is 1. The molecule has 2 aromatic rings. The second-order valence-electron chi connectivity index (χ2n) is 8.71. The molecule has 192 valence electrons. The van der Waals surface area contributed by atoms with Gasteiger partial charge in [-0.15, -0.1) is 0 Å². The molecule has 1 aliphatic rings. The van der Waals surface area contributed by atoms with Crippen LogP contribution in [0.15, 0.2) is 59.5 Å². The molecule has 1 heterocycles. The first-order chi connectivity index (χ1) is 16.7. The number of sulfonamides is 2. The van der Waals surface area contributed by atoms with Crippen LogP contribution in [-0.4, -0.2) is 63.3 Å². The van der Waals surface area contributed by atoms with E-state index >= 15 is 0 Å². The molecule has 1 fully saturated rings. The number of aryl methyl sites for hydroxylation is 1. The zero-order valence-corrected chi connectivity index (χ0v) is 22.0. The van der Waals surface area contributed by atoms with Gasteiger partial charge in [-0.05, 0) is 55.5 Å². The summed E-state index contributed by atoms with van der Waals surface area (Å²) in [7, 11) is -7.01. The van der Waals surface area contributed by atoms with Crippen molar-refractivity contribution in [2.75, 3.05) is 37.2 Å². The third-order valence-electron chi connectivity index (χ3n) is 6.32. The van der Waals surface area contributed by atoms with Gasteiger partial charge in [0.25, 0.3) is 0 Å². The fourth-order valence-corrected chi connectivity index (χ4v) is 7.35. The minimum Gasteiger partial charge on any atom is -0.326 e. The molecule has 3 rings (SSSR count). The monoisotopic (exact) mass is 521 g/mol. The SMILES string of the molecule is CCN(CC)S(=O)(=O)c1ccc(NC(=O)C2CCCN(S(=O)(=O)CCCc3ccccc3)C2)cc1. The van der Waals surface area contributed by atoms with Crippen molar-refractivity contribution in [2.24, 2.45) is 5.92 Å². The van der Waals surface area contributed by atoms with Gasteiger partial charge in [0, 0.05) is 31.9 Å². The second kappa shape index (κ2) is 12.1. The van der Waals surface area contributed by atoms with Crippen LogP contribution in [-0.2, 0) is 31.3 Å². The van der Waals surface area contributed by atoms with Crippen LogP contribution in [0.25, 0.3) is 0 Å². The van der Waals surface area contributed by atoms with Crippen molar-refractivity contribution in [3.63, 3.8) is 0 Å². The second-order valence-corrected chi connectivity index (χ2v) is 12.7. The lowest BCUT2D eigenvalue weighted by atomic mass is 9.99. The Balaban J connectivity index is 1.57. The summed E-state index contributed by atoms with van der Waals surface area (Å²) in [4.78, 5) is 13.0. The highest BCUT2D eigenvalue weighted by Crippen LogP contribution is 2.23. The van der Waals surface area contributed by atoms with Crippen molar-refractivity contribution in [3.8, 4) is 0 Å². The summed E-state index contributed by atoms with van der Waals surface area (Å²) in [6.45, 7) is 4.91. The number of amides is 1. The quantitative estimate of drug-likeness (QED) is 0.489. The zero-order valence-electron chi connectivity index (χ0n) is 20.4. The molecule has 10 heteroatoms. The Morgan fingerprint density at radius 2 is 1.66 bits per heavy atom. The molecule has 0 radical (unpaired) electrons. The first kappa shape index (κ1) is 27.3. The molecule has 1 N–H and O–H groups in total. The lowest BCUT2D eigenvalue weighted by molar-refractivity contribution is -0.120. The van der Waals surface area contributed by atoms with E-state index in [-0.39, 0.29) is 23.1 Å². The predicted molar refractivity (Wildman–Crippen MR) is 138 cm³/mol. The molecule has 0 aliphatic carbocycles. The fraction of sp³-hybridized carbons (Fsp3) is 0.480. The molecule has 0 bridgehead atoms. The van der Waals surface area contributed by atoms with E-state index in [0.29, 0.717) is 51.0 Å². The Morgan fingerprint density at radius 3 is 2.29 bits per heavy atom. The van der Waals surface area contributed by atoms with Crippen LogP contribution < -0.4 is 5.32 Å². The molecule has 1 unspecified atom stereocenters. The maximum Gasteiger partial charge on any atom is 0.243 e. The topological polar surface area (TPSA) is 104 Å². The lowest BCUT2D eigenvalue weighted by Crippen LogP contribution is -2.44. The minimum atomic E-state index is -3.57. The summed E-state index contributed by atoms with van der Waals surface area (Å²) in [6, 6.07) is 15.9. The van der Waals surface area contributed by atoms with Crippen LogP contribution >= 0.6 is 0 Å². The summed E-state index contributed by atoms with van der Waals surface area (Å²) in [5.74, 6) is -0.654. The van der Waals surface area contributed by atoms with Crippen LogP contribution in [0.3, 0.4) is 0 Å². The van der Waals surface area contributed by atoms with E-state index in [1.807, 2.05) is 30.3 Å². The largest absolute Gasteiger partial charge is 0.326 e. The maximum atomic E-state index is 12.9. The third kappa shape index (κ3) is 7.13. The van der Waals surface area contributed by atoms with E-state index < -0.39 is 26.0 Å². The molecule has 1 aliphatic heterocycles. The van der Waals surface area contributed by atoms with E-state index in [1.54, 1.807) is 26.0 Å². The number of rotatable bonds is 11. The molecule has 1 atom stereocenters. The molecular weight excluding hydrogens is 486 g/mol. The Hall–Kier alpha value is -2.27. The number of carbonyl (C=O) groups excluding carboxylic acids is 1. The highest BCUT2D eigenvalue weighted by molar-refractivity contribution is 7.89. The number of nitrogens with zero attached hydrogens (tertiary/aromatic N) is 2. The molecule has 35 heavy (non-hydrogen) atoms. The van der Waals surface area contributed by atoms with Crippen LogP contribution in [0.2, 0.25) is 0 Å². The number of carbonyl (C=O) groups is 1. The van der Waals surface area contributed by atoms with E-state index in [9.17, 15) is 21.6 Å². The van der Waals surface area contributed by atoms with E-state index in [0.717, 1.165) is 5.56 Å². The van der Waals surface area contributed by atoms with E-state index in [2.05, 4.69) is 5.32 Å². The number of benzene rings is 2. The number of nitrogens with one attached hydrogen (secondary N) is 1. The molecule has 0 aromatic heterocycles. The standard InChI is InChI=1S/C25H35N3O5S2/c1-3-27(4-2)35(32,33)24-16-14-23(15-17-24)26-25(29)22-13-8-18-28(20-22)34(30,31)19-9-12-21-10-6-5-7-11-21/h5-7,10-11,14-17,22H,3-4,8-9,12-13,18-20H2,1-2H3,(H,26,29). The van der Waals surface area contributed by atoms with Crippen molar-refractivity contribution in [1.29, 1.82) is 0 Å². The van der Waals surface area contributed by atoms with Gasteiger partial charge in [0.15, 0.2) is 0 Å². The Kier molecular flexibility index (Phi) is 9.46. The molecule has 0 saturated carbocycles. The predicted octanol–water partition coefficient (Wildman–Crippen LogP) is 3.33. The average molecular weight is 522 g/mol. The van der Waals surface area contributed by atoms with Gasteiger partial charge in [0.1, 0.15) is 0 Å². The third-order valence-corrected chi connectivity index (χ3v) is 10.3. The lowest BCUT2D eigenvalue weighted by Gasteiger charge is -2.31. The van der Waals surface area contributed by atoms with Crippen LogP contribution in [0, 0.1) is 5.92 Å². The fourth-order valence-electron chi connectivity index (χ4n) is 4.31. The molecule has 8 nitrogen and oxygen atoms in total. The highest BCUT2D eigenvalue weighted by atomic mass is 32.2. The summed E-state index contributed by atoms with van der Waals surface area (Å²) in [5.41, 5.74) is 1.59. The van der Waals surface area contributed by atoms with Crippen LogP contribution in [0.5, 0.6) is 0 Å². The van der Waals surface area contributed by atoms with Crippen molar-refractivity contribution in [2.45, 2.75) is 44.4 Å². The van der Waals surface area contributed by atoms with Crippen molar-refractivity contribution >= 4 is 31.6 Å². The Bertz CT molecular complexity index is 1180. The molecule has 0 spiro atoms. The molecule has 1 saturated heterocycles. The molecule has 2 aromatic carbocycles. The minimum absolute atomic E-state index is 0.0543. The molecule has 1 amide bonds. The number of anilines is 1. The first-order valence-electron chi connectivity index (χ1n) is 12.1. The summed E-state index contributed by atoms with van der Waals surface area (Å²) >= 11 is 0. The average Bonchev–Trinajstić information content (AvgIpc) is 2.85. The summed E-state index contributed by atoms with van der Waals surface area (Å²) in [5, 5.41) is 2.82. The first-order valence-corrected chi connectivity index (χ1v) is 15.1. The van der Waals surface area contributed by atoms with E-state index in [1.165, 1.54) is 20.7 Å². The summed E-state index contributed by atoms with van der Waals surface area (Å²) in [6.07, 6.45) is 2.45. The smallest absolute Gasteiger partial charge is 0.243 e. The Labute approximate surface area is 209 Å². The normalized spacial score (nSPS) is 17.4. The van der Waals surface area contributed by atoms with Gasteiger partial charge < -0.3 is 5.32 Å². The van der Waals surface area contributed by atoms with Gasteiger partial charge in [-0.25, -0.2) is 21.1 Å². The highest BCUT2D eigenvalue weighted by Gasteiger charge is 2.32. The van der Waals surface area contributed by atoms with E-state index in [4.69, 9.17) is 0 Å². The van der Waals surface area contributed by atoms with Gasteiger partial charge in [-0.2, -0.15) is 4.31 Å². The Morgan fingerprint density at radius 1 is 1.00 bits per heavy atom. The van der Waals surface area contributed by atoms with Gasteiger partial charge in [-0.1, -0.05) is 44.2 Å². The zero-order chi connectivity index (χ0) is 25.5.